The van der Waals surface area contributed by atoms with Gasteiger partial charge in [0.25, 0.3) is 5.56 Å². The second-order valence-corrected chi connectivity index (χ2v) is 8.80. The van der Waals surface area contributed by atoms with Crippen molar-refractivity contribution in [3.63, 3.8) is 0 Å². The number of fused-ring (bicyclic) bond motifs is 1. The molecule has 174 valence electrons. The topological polar surface area (TPSA) is 105 Å². The number of hydrogen-bond donors (Lipinski definition) is 1. The monoisotopic (exact) mass is 477 g/mol. The van der Waals surface area contributed by atoms with Crippen LogP contribution in [0, 0.1) is 13.8 Å². The number of pyridine rings is 2. The summed E-state index contributed by atoms with van der Waals surface area (Å²) in [6, 6.07) is 11.1. The van der Waals surface area contributed by atoms with Crippen LogP contribution in [0.5, 0.6) is 0 Å². The van der Waals surface area contributed by atoms with Crippen LogP contribution in [0.15, 0.2) is 53.6 Å². The third-order valence-corrected chi connectivity index (χ3v) is 6.13. The molecular weight excluding hydrogens is 454 g/mol. The Balaban J connectivity index is 1.61. The highest BCUT2D eigenvalue weighted by Crippen LogP contribution is 2.32. The number of nitrogens with zero attached hydrogens (tertiary/aromatic N) is 4. The van der Waals surface area contributed by atoms with Crippen LogP contribution >= 0.6 is 11.6 Å². The van der Waals surface area contributed by atoms with Crippen molar-refractivity contribution >= 4 is 22.6 Å². The fourth-order valence-electron chi connectivity index (χ4n) is 4.09. The van der Waals surface area contributed by atoms with E-state index in [9.17, 15) is 4.79 Å². The molecule has 8 nitrogen and oxygen atoms in total. The van der Waals surface area contributed by atoms with Gasteiger partial charge in [0, 0.05) is 39.5 Å². The fourth-order valence-corrected chi connectivity index (χ4v) is 4.37. The average molecular weight is 478 g/mol. The summed E-state index contributed by atoms with van der Waals surface area (Å²) in [6.07, 6.45) is 2.85. The standard InChI is InChI=1S/C25H24ClN5O3/c1-14-4-3-7-28-23(14)16-5-6-19(21(26)9-16)20-8-17-10-29-15(2)30-24(17)31(25(20)32)11-22-33-12-18(27)13-34-22/h3-10,18,22H,11-13,27H2,1-2H3. The second kappa shape index (κ2) is 9.23. The molecular formula is C25H24ClN5O3. The summed E-state index contributed by atoms with van der Waals surface area (Å²) in [4.78, 5) is 27.0. The number of ether oxygens (including phenoxy) is 2. The summed E-state index contributed by atoms with van der Waals surface area (Å²) in [5.41, 5.74) is 9.96. The molecule has 4 aromatic rings. The molecule has 4 heterocycles. The van der Waals surface area contributed by atoms with Crippen molar-refractivity contribution in [2.45, 2.75) is 32.7 Å². The van der Waals surface area contributed by atoms with E-state index in [1.807, 2.05) is 37.3 Å². The fraction of sp³-hybridized carbons (Fsp3) is 0.280. The molecule has 3 aromatic heterocycles. The van der Waals surface area contributed by atoms with Crippen molar-refractivity contribution in [3.05, 3.63) is 75.6 Å². The van der Waals surface area contributed by atoms with Crippen LogP contribution in [0.2, 0.25) is 5.02 Å². The molecule has 1 fully saturated rings. The number of hydrogen-bond acceptors (Lipinski definition) is 7. The molecule has 0 spiro atoms. The lowest BCUT2D eigenvalue weighted by Gasteiger charge is -2.28. The van der Waals surface area contributed by atoms with E-state index in [0.29, 0.717) is 46.2 Å². The minimum Gasteiger partial charge on any atom is -0.349 e. The maximum atomic E-state index is 13.7. The summed E-state index contributed by atoms with van der Waals surface area (Å²) in [5.74, 6) is 0.564. The van der Waals surface area contributed by atoms with E-state index in [2.05, 4.69) is 15.0 Å². The summed E-state index contributed by atoms with van der Waals surface area (Å²) in [5, 5.41) is 1.17. The van der Waals surface area contributed by atoms with Crippen molar-refractivity contribution in [1.82, 2.24) is 19.5 Å². The minimum absolute atomic E-state index is 0.176. The van der Waals surface area contributed by atoms with Crippen molar-refractivity contribution in [3.8, 4) is 22.4 Å². The lowest BCUT2D eigenvalue weighted by atomic mass is 10.0. The predicted molar refractivity (Wildman–Crippen MR) is 131 cm³/mol. The minimum atomic E-state index is -0.601. The number of halogens is 1. The van der Waals surface area contributed by atoms with Gasteiger partial charge < -0.3 is 15.2 Å². The first kappa shape index (κ1) is 22.6. The lowest BCUT2D eigenvalue weighted by Crippen LogP contribution is -2.43. The summed E-state index contributed by atoms with van der Waals surface area (Å²) >= 11 is 6.70. The summed E-state index contributed by atoms with van der Waals surface area (Å²) in [7, 11) is 0. The highest BCUT2D eigenvalue weighted by Gasteiger charge is 2.23. The molecule has 1 aromatic carbocycles. The zero-order valence-corrected chi connectivity index (χ0v) is 19.6. The summed E-state index contributed by atoms with van der Waals surface area (Å²) in [6.45, 7) is 4.69. The third kappa shape index (κ3) is 4.33. The van der Waals surface area contributed by atoms with Gasteiger partial charge in [-0.2, -0.15) is 0 Å². The van der Waals surface area contributed by atoms with Crippen molar-refractivity contribution in [2.75, 3.05) is 13.2 Å². The quantitative estimate of drug-likeness (QED) is 0.479. The Morgan fingerprint density at radius 1 is 1.12 bits per heavy atom. The van der Waals surface area contributed by atoms with Gasteiger partial charge in [0.2, 0.25) is 0 Å². The maximum absolute atomic E-state index is 13.7. The maximum Gasteiger partial charge on any atom is 0.260 e. The van der Waals surface area contributed by atoms with Crippen LogP contribution in [0.4, 0.5) is 0 Å². The van der Waals surface area contributed by atoms with E-state index in [0.717, 1.165) is 16.8 Å². The van der Waals surface area contributed by atoms with E-state index in [4.69, 9.17) is 26.8 Å². The Morgan fingerprint density at radius 2 is 1.91 bits per heavy atom. The molecule has 0 saturated carbocycles. The van der Waals surface area contributed by atoms with Gasteiger partial charge in [0.1, 0.15) is 11.5 Å². The largest absolute Gasteiger partial charge is 0.349 e. The normalized spacial score (nSPS) is 18.4. The molecule has 5 rings (SSSR count). The van der Waals surface area contributed by atoms with Crippen LogP contribution in [-0.2, 0) is 16.0 Å². The van der Waals surface area contributed by atoms with Crippen LogP contribution in [0.1, 0.15) is 11.4 Å². The van der Waals surface area contributed by atoms with Gasteiger partial charge in [-0.3, -0.25) is 14.3 Å². The zero-order valence-electron chi connectivity index (χ0n) is 18.9. The SMILES string of the molecule is Cc1ncc2cc(-c3ccc(-c4ncccc4C)cc3Cl)c(=O)n(CC3OCC(N)CO3)c2n1. The first-order valence-corrected chi connectivity index (χ1v) is 11.4. The van der Waals surface area contributed by atoms with Crippen molar-refractivity contribution in [1.29, 1.82) is 0 Å². The first-order valence-electron chi connectivity index (χ1n) is 11.0. The van der Waals surface area contributed by atoms with Gasteiger partial charge >= 0.3 is 0 Å². The van der Waals surface area contributed by atoms with Crippen LogP contribution < -0.4 is 11.3 Å². The number of nitrogens with two attached hydrogens (primary N) is 1. The highest BCUT2D eigenvalue weighted by molar-refractivity contribution is 6.33. The number of aryl methyl sites for hydroxylation is 2. The van der Waals surface area contributed by atoms with Crippen molar-refractivity contribution in [2.24, 2.45) is 5.73 Å². The average Bonchev–Trinajstić information content (AvgIpc) is 2.83. The molecule has 0 amide bonds. The molecule has 0 atom stereocenters. The molecule has 1 saturated heterocycles. The number of benzene rings is 1. The zero-order chi connectivity index (χ0) is 23.8. The van der Waals surface area contributed by atoms with Gasteiger partial charge in [-0.15, -0.1) is 0 Å². The van der Waals surface area contributed by atoms with Crippen molar-refractivity contribution < 1.29 is 9.47 Å². The summed E-state index contributed by atoms with van der Waals surface area (Å²) < 4.78 is 12.9. The molecule has 1 aliphatic heterocycles. The number of rotatable bonds is 4. The van der Waals surface area contributed by atoms with Crippen LogP contribution in [-0.4, -0.2) is 45.1 Å². The smallest absolute Gasteiger partial charge is 0.260 e. The molecule has 0 radical (unpaired) electrons. The molecule has 0 aliphatic carbocycles. The molecule has 0 unspecified atom stereocenters. The molecule has 9 heteroatoms. The van der Waals surface area contributed by atoms with Gasteiger partial charge in [-0.1, -0.05) is 29.8 Å². The lowest BCUT2D eigenvalue weighted by molar-refractivity contribution is -0.191. The van der Waals surface area contributed by atoms with Gasteiger partial charge in [0.05, 0.1) is 31.5 Å². The molecule has 0 bridgehead atoms. The van der Waals surface area contributed by atoms with Crippen LogP contribution in [0.3, 0.4) is 0 Å². The third-order valence-electron chi connectivity index (χ3n) is 5.81. The first-order chi connectivity index (χ1) is 16.4. The predicted octanol–water partition coefficient (Wildman–Crippen LogP) is 3.49. The molecule has 34 heavy (non-hydrogen) atoms. The van der Waals surface area contributed by atoms with Gasteiger partial charge in [-0.25, -0.2) is 9.97 Å². The van der Waals surface area contributed by atoms with Crippen LogP contribution in [0.25, 0.3) is 33.4 Å². The Labute approximate surface area is 201 Å². The van der Waals surface area contributed by atoms with E-state index in [1.54, 1.807) is 30.0 Å². The highest BCUT2D eigenvalue weighted by atomic mass is 35.5. The second-order valence-electron chi connectivity index (χ2n) is 8.39. The van der Waals surface area contributed by atoms with E-state index in [-0.39, 0.29) is 18.1 Å². The Kier molecular flexibility index (Phi) is 6.14. The van der Waals surface area contributed by atoms with Gasteiger partial charge in [-0.05, 0) is 37.6 Å². The van der Waals surface area contributed by atoms with Gasteiger partial charge in [0.15, 0.2) is 6.29 Å². The molecule has 2 N–H and O–H groups in total. The number of aromatic nitrogens is 4. The van der Waals surface area contributed by atoms with E-state index < -0.39 is 6.29 Å². The Bertz CT molecular complexity index is 1430. The Hall–Kier alpha value is -3.17. The Morgan fingerprint density at radius 3 is 2.65 bits per heavy atom. The van der Waals surface area contributed by atoms with E-state index in [1.165, 1.54) is 0 Å². The van der Waals surface area contributed by atoms with E-state index >= 15 is 0 Å². The molecule has 1 aliphatic rings.